The second kappa shape index (κ2) is 5.99. The second-order valence-electron chi connectivity index (χ2n) is 4.02. The Labute approximate surface area is 112 Å². The fourth-order valence-corrected chi connectivity index (χ4v) is 3.09. The van der Waals surface area contributed by atoms with Crippen molar-refractivity contribution in [2.24, 2.45) is 0 Å². The van der Waals surface area contributed by atoms with Crippen LogP contribution in [0.25, 0.3) is 0 Å². The average molecular weight is 285 g/mol. The van der Waals surface area contributed by atoms with E-state index >= 15 is 0 Å². The van der Waals surface area contributed by atoms with Crippen LogP contribution in [0, 0.1) is 24.1 Å². The minimum absolute atomic E-state index is 0.0741. The van der Waals surface area contributed by atoms with Gasteiger partial charge < -0.3 is 5.73 Å². The first-order valence-electron chi connectivity index (χ1n) is 5.77. The number of nitriles is 1. The Hall–Kier alpha value is -1.65. The minimum atomic E-state index is -3.82. The maximum Gasteiger partial charge on any atom is 0.243 e. The number of nitrogen functional groups attached to an aromatic ring is 1. The lowest BCUT2D eigenvalue weighted by Gasteiger charge is -2.19. The normalized spacial score (nSPS) is 11.5. The molecule has 5 nitrogen and oxygen atoms in total. The van der Waals surface area contributed by atoms with Gasteiger partial charge in [0.15, 0.2) is 0 Å². The first kappa shape index (κ1) is 15.4. The Balaban J connectivity index is 3.23. The van der Waals surface area contributed by atoms with Crippen LogP contribution in [0.1, 0.15) is 18.9 Å². The van der Waals surface area contributed by atoms with Gasteiger partial charge in [0, 0.05) is 30.8 Å². The lowest BCUT2D eigenvalue weighted by molar-refractivity contribution is 0.434. The number of benzene rings is 1. The molecule has 7 heteroatoms. The van der Waals surface area contributed by atoms with Crippen LogP contribution in [-0.4, -0.2) is 25.8 Å². The van der Waals surface area contributed by atoms with Crippen LogP contribution in [0.5, 0.6) is 0 Å². The molecule has 0 bridgehead atoms. The van der Waals surface area contributed by atoms with Crippen molar-refractivity contribution in [3.63, 3.8) is 0 Å². The third-order valence-corrected chi connectivity index (χ3v) is 4.77. The zero-order valence-electron chi connectivity index (χ0n) is 10.9. The summed E-state index contributed by atoms with van der Waals surface area (Å²) in [5, 5.41) is 8.52. The van der Waals surface area contributed by atoms with Gasteiger partial charge in [-0.25, -0.2) is 12.8 Å². The summed E-state index contributed by atoms with van der Waals surface area (Å²) >= 11 is 0. The van der Waals surface area contributed by atoms with E-state index in [9.17, 15) is 12.8 Å². The van der Waals surface area contributed by atoms with Crippen LogP contribution in [0.2, 0.25) is 0 Å². The predicted octanol–water partition coefficient (Wildman–Crippen LogP) is 1.64. The monoisotopic (exact) mass is 285 g/mol. The number of nitrogens with zero attached hydrogens (tertiary/aromatic N) is 2. The summed E-state index contributed by atoms with van der Waals surface area (Å²) in [6.07, 6.45) is 0.0803. The van der Waals surface area contributed by atoms with Crippen LogP contribution in [0.3, 0.4) is 0 Å². The summed E-state index contributed by atoms with van der Waals surface area (Å²) in [5.74, 6) is -0.657. The number of sulfonamides is 1. The Morgan fingerprint density at radius 2 is 2.11 bits per heavy atom. The third-order valence-electron chi connectivity index (χ3n) is 2.82. The maximum absolute atomic E-state index is 13.6. The molecule has 0 heterocycles. The van der Waals surface area contributed by atoms with E-state index in [1.807, 2.05) is 6.07 Å². The van der Waals surface area contributed by atoms with Crippen LogP contribution in [0.4, 0.5) is 10.1 Å². The molecule has 0 aliphatic carbocycles. The molecule has 0 unspecified atom stereocenters. The van der Waals surface area contributed by atoms with Gasteiger partial charge in [-0.2, -0.15) is 9.57 Å². The van der Waals surface area contributed by atoms with Crippen LogP contribution < -0.4 is 5.73 Å². The molecule has 0 fully saturated rings. The van der Waals surface area contributed by atoms with E-state index in [0.717, 1.165) is 10.4 Å². The standard InChI is InChI=1S/C12H16FN3O2S/c1-3-16(6-4-5-14)19(17,18)10-7-11(13)9(2)12(15)8-10/h7-8H,3-4,6,15H2,1-2H3. The zero-order valence-corrected chi connectivity index (χ0v) is 11.7. The fourth-order valence-electron chi connectivity index (χ4n) is 1.60. The summed E-state index contributed by atoms with van der Waals surface area (Å²) in [7, 11) is -3.82. The van der Waals surface area contributed by atoms with Gasteiger partial charge in [-0.05, 0) is 19.1 Å². The van der Waals surface area contributed by atoms with Crippen molar-refractivity contribution >= 4 is 15.7 Å². The van der Waals surface area contributed by atoms with Crippen molar-refractivity contribution in [2.75, 3.05) is 18.8 Å². The highest BCUT2D eigenvalue weighted by molar-refractivity contribution is 7.89. The quantitative estimate of drug-likeness (QED) is 0.833. The number of hydrogen-bond acceptors (Lipinski definition) is 4. The Morgan fingerprint density at radius 3 is 2.58 bits per heavy atom. The summed E-state index contributed by atoms with van der Waals surface area (Å²) in [5.41, 5.74) is 5.90. The summed E-state index contributed by atoms with van der Waals surface area (Å²) in [6, 6.07) is 4.08. The topological polar surface area (TPSA) is 87.2 Å². The Bertz CT molecular complexity index is 585. The smallest absolute Gasteiger partial charge is 0.243 e. The molecule has 0 aromatic heterocycles. The number of anilines is 1. The molecular weight excluding hydrogens is 269 g/mol. The molecule has 0 aliphatic rings. The fraction of sp³-hybridized carbons (Fsp3) is 0.417. The largest absolute Gasteiger partial charge is 0.398 e. The van der Waals surface area contributed by atoms with E-state index in [0.29, 0.717) is 0 Å². The van der Waals surface area contributed by atoms with Gasteiger partial charge in [-0.1, -0.05) is 6.92 Å². The van der Waals surface area contributed by atoms with Crippen molar-refractivity contribution in [1.82, 2.24) is 4.31 Å². The van der Waals surface area contributed by atoms with Gasteiger partial charge in [-0.3, -0.25) is 0 Å². The molecule has 1 rings (SSSR count). The van der Waals surface area contributed by atoms with E-state index < -0.39 is 15.8 Å². The molecule has 19 heavy (non-hydrogen) atoms. The highest BCUT2D eigenvalue weighted by atomic mass is 32.2. The Morgan fingerprint density at radius 1 is 1.47 bits per heavy atom. The first-order chi connectivity index (χ1) is 8.84. The molecule has 0 saturated carbocycles. The van der Waals surface area contributed by atoms with Gasteiger partial charge in [0.05, 0.1) is 11.0 Å². The van der Waals surface area contributed by atoms with E-state index in [1.54, 1.807) is 6.92 Å². The molecule has 1 aromatic carbocycles. The highest BCUT2D eigenvalue weighted by Crippen LogP contribution is 2.23. The van der Waals surface area contributed by atoms with Gasteiger partial charge >= 0.3 is 0 Å². The SMILES string of the molecule is CCN(CCC#N)S(=O)(=O)c1cc(N)c(C)c(F)c1. The third kappa shape index (κ3) is 3.22. The second-order valence-corrected chi connectivity index (χ2v) is 5.96. The molecule has 1 aromatic rings. The lowest BCUT2D eigenvalue weighted by atomic mass is 10.2. The van der Waals surface area contributed by atoms with Gasteiger partial charge in [0.25, 0.3) is 0 Å². The van der Waals surface area contributed by atoms with Gasteiger partial charge in [0.2, 0.25) is 10.0 Å². The summed E-state index contributed by atoms with van der Waals surface area (Å²) in [4.78, 5) is -0.187. The molecule has 0 aliphatic heterocycles. The molecule has 0 radical (unpaired) electrons. The van der Waals surface area contributed by atoms with Crippen molar-refractivity contribution < 1.29 is 12.8 Å². The minimum Gasteiger partial charge on any atom is -0.398 e. The van der Waals surface area contributed by atoms with Crippen LogP contribution in [0.15, 0.2) is 17.0 Å². The van der Waals surface area contributed by atoms with Crippen molar-refractivity contribution in [3.8, 4) is 6.07 Å². The van der Waals surface area contributed by atoms with Crippen molar-refractivity contribution in [3.05, 3.63) is 23.5 Å². The maximum atomic E-state index is 13.6. The summed E-state index contributed by atoms with van der Waals surface area (Å²) in [6.45, 7) is 3.42. The molecule has 2 N–H and O–H groups in total. The molecule has 0 atom stereocenters. The lowest BCUT2D eigenvalue weighted by Crippen LogP contribution is -2.32. The van der Waals surface area contributed by atoms with Gasteiger partial charge in [-0.15, -0.1) is 0 Å². The van der Waals surface area contributed by atoms with Gasteiger partial charge in [0.1, 0.15) is 5.82 Å². The van der Waals surface area contributed by atoms with Crippen molar-refractivity contribution in [1.29, 1.82) is 5.26 Å². The number of rotatable bonds is 5. The van der Waals surface area contributed by atoms with Crippen LogP contribution >= 0.6 is 0 Å². The highest BCUT2D eigenvalue weighted by Gasteiger charge is 2.24. The van der Waals surface area contributed by atoms with E-state index in [1.165, 1.54) is 13.0 Å². The zero-order chi connectivity index (χ0) is 14.6. The van der Waals surface area contributed by atoms with E-state index in [2.05, 4.69) is 0 Å². The number of nitrogens with two attached hydrogens (primary N) is 1. The molecule has 104 valence electrons. The predicted molar refractivity (Wildman–Crippen MR) is 70.2 cm³/mol. The van der Waals surface area contributed by atoms with E-state index in [-0.39, 0.29) is 35.7 Å². The van der Waals surface area contributed by atoms with Crippen molar-refractivity contribution in [2.45, 2.75) is 25.2 Å². The molecule has 0 spiro atoms. The number of halogens is 1. The molecule has 0 amide bonds. The number of hydrogen-bond donors (Lipinski definition) is 1. The molecule has 0 saturated heterocycles. The average Bonchev–Trinajstić information content (AvgIpc) is 2.36. The van der Waals surface area contributed by atoms with E-state index in [4.69, 9.17) is 11.0 Å². The molecular formula is C12H16FN3O2S. The summed E-state index contributed by atoms with van der Waals surface area (Å²) < 4.78 is 39.3. The van der Waals surface area contributed by atoms with Crippen LogP contribution in [-0.2, 0) is 10.0 Å². The first-order valence-corrected chi connectivity index (χ1v) is 7.21. The Kier molecular flexibility index (Phi) is 4.86.